The fourth-order valence-electron chi connectivity index (χ4n) is 3.64. The minimum Gasteiger partial charge on any atom is -0.0985 e. The molecule has 3 rings (SSSR count). The van der Waals surface area contributed by atoms with E-state index >= 15 is 0 Å². The first-order valence-electron chi connectivity index (χ1n) is 9.18. The van der Waals surface area contributed by atoms with E-state index in [1.165, 1.54) is 33.4 Å². The van der Waals surface area contributed by atoms with Gasteiger partial charge in [-0.3, -0.25) is 0 Å². The van der Waals surface area contributed by atoms with E-state index in [4.69, 9.17) is 0 Å². The molecule has 0 N–H and O–H groups in total. The monoisotopic (exact) mass is 338 g/mol. The Morgan fingerprint density at radius 2 is 1.04 bits per heavy atom. The highest BCUT2D eigenvalue weighted by atomic mass is 14.2. The Kier molecular flexibility index (Phi) is 5.53. The average Bonchev–Trinajstić information content (AvgIpc) is 2.72. The third-order valence-corrected chi connectivity index (χ3v) is 5.28. The summed E-state index contributed by atoms with van der Waals surface area (Å²) in [4.78, 5) is 0. The summed E-state index contributed by atoms with van der Waals surface area (Å²) in [5.41, 5.74) is 7.71. The van der Waals surface area contributed by atoms with Crippen LogP contribution in [0.3, 0.4) is 0 Å². The van der Waals surface area contributed by atoms with Gasteiger partial charge in [0.1, 0.15) is 0 Å². The molecule has 130 valence electrons. The molecule has 0 aliphatic rings. The van der Waals surface area contributed by atoms with Crippen molar-refractivity contribution in [2.24, 2.45) is 0 Å². The lowest BCUT2D eigenvalue weighted by Crippen LogP contribution is -2.02. The van der Waals surface area contributed by atoms with Gasteiger partial charge in [-0.15, -0.1) is 0 Å². The molecule has 3 aromatic carbocycles. The minimum absolute atomic E-state index is 0.325. The maximum atomic E-state index is 3.96. The Morgan fingerprint density at radius 3 is 1.46 bits per heavy atom. The highest BCUT2D eigenvalue weighted by Gasteiger charge is 2.15. The lowest BCUT2D eigenvalue weighted by molar-refractivity contribution is 0.884. The molecule has 0 spiro atoms. The number of hydrogen-bond acceptors (Lipinski definition) is 0. The van der Waals surface area contributed by atoms with E-state index in [1.54, 1.807) is 0 Å². The lowest BCUT2D eigenvalue weighted by atomic mass is 9.85. The Morgan fingerprint density at radius 1 is 0.615 bits per heavy atom. The van der Waals surface area contributed by atoms with E-state index in [-0.39, 0.29) is 0 Å². The molecule has 2 atom stereocenters. The van der Waals surface area contributed by atoms with Gasteiger partial charge in [0, 0.05) is 11.8 Å². The topological polar surface area (TPSA) is 0 Å². The van der Waals surface area contributed by atoms with Crippen LogP contribution in [0.1, 0.15) is 59.1 Å². The molecule has 0 radical (unpaired) electrons. The fourth-order valence-corrected chi connectivity index (χ4v) is 3.64. The summed E-state index contributed by atoms with van der Waals surface area (Å²) in [5, 5.41) is 0. The van der Waals surface area contributed by atoms with E-state index in [0.29, 0.717) is 11.8 Å². The average molecular weight is 338 g/mol. The summed E-state index contributed by atoms with van der Waals surface area (Å²) in [5.74, 6) is 0.650. The van der Waals surface area contributed by atoms with Crippen LogP contribution in [0, 0.1) is 0 Å². The summed E-state index contributed by atoms with van der Waals surface area (Å²) >= 11 is 0. The molecule has 0 amide bonds. The second-order valence-corrected chi connectivity index (χ2v) is 6.78. The molecule has 0 heteroatoms. The Hall–Kier alpha value is -2.86. The van der Waals surface area contributed by atoms with Crippen LogP contribution in [0.15, 0.2) is 86.0 Å². The zero-order valence-electron chi connectivity index (χ0n) is 15.7. The van der Waals surface area contributed by atoms with Gasteiger partial charge in [-0.25, -0.2) is 0 Å². The normalized spacial score (nSPS) is 13.0. The molecule has 3 aromatic rings. The van der Waals surface area contributed by atoms with Crippen molar-refractivity contribution in [2.45, 2.75) is 25.7 Å². The smallest absolute Gasteiger partial charge is 0.00670 e. The number of hydrogen-bond donors (Lipinski definition) is 0. The zero-order valence-corrected chi connectivity index (χ0v) is 15.7. The molecule has 0 nitrogen and oxygen atoms in total. The third-order valence-electron chi connectivity index (χ3n) is 5.28. The first kappa shape index (κ1) is 17.9. The molecular formula is C26H26. The number of rotatable bonds is 6. The van der Waals surface area contributed by atoms with Gasteiger partial charge in [0.05, 0.1) is 0 Å². The van der Waals surface area contributed by atoms with Gasteiger partial charge in [0.2, 0.25) is 0 Å². The molecule has 0 saturated carbocycles. The van der Waals surface area contributed by atoms with Gasteiger partial charge in [-0.1, -0.05) is 112 Å². The first-order valence-corrected chi connectivity index (χ1v) is 9.18. The maximum absolute atomic E-state index is 3.96. The maximum Gasteiger partial charge on any atom is 0.00670 e. The van der Waals surface area contributed by atoms with Crippen LogP contribution in [0.2, 0.25) is 0 Å². The molecule has 26 heavy (non-hydrogen) atoms. The summed E-state index contributed by atoms with van der Waals surface area (Å²) in [6.07, 6.45) is 3.89. The largest absolute Gasteiger partial charge is 0.0985 e. The van der Waals surface area contributed by atoms with Crippen LogP contribution >= 0.6 is 0 Å². The van der Waals surface area contributed by atoms with Crippen molar-refractivity contribution in [1.82, 2.24) is 0 Å². The Balaban J connectivity index is 1.98. The van der Waals surface area contributed by atoms with Crippen LogP contribution < -0.4 is 0 Å². The molecule has 0 fully saturated rings. The predicted molar refractivity (Wildman–Crippen MR) is 115 cm³/mol. The minimum atomic E-state index is 0.325. The summed E-state index contributed by atoms with van der Waals surface area (Å²) in [7, 11) is 0. The second-order valence-electron chi connectivity index (χ2n) is 6.78. The van der Waals surface area contributed by atoms with Crippen LogP contribution in [-0.4, -0.2) is 0 Å². The van der Waals surface area contributed by atoms with Gasteiger partial charge in [-0.05, 0) is 33.4 Å². The zero-order chi connectivity index (χ0) is 18.5. The molecule has 2 unspecified atom stereocenters. The van der Waals surface area contributed by atoms with Crippen molar-refractivity contribution in [3.05, 3.63) is 119 Å². The van der Waals surface area contributed by atoms with E-state index in [1.807, 2.05) is 12.2 Å². The van der Waals surface area contributed by atoms with Crippen molar-refractivity contribution < 1.29 is 0 Å². The fraction of sp³-hybridized carbons (Fsp3) is 0.154. The van der Waals surface area contributed by atoms with E-state index in [0.717, 1.165) is 0 Å². The molecule has 0 bridgehead atoms. The van der Waals surface area contributed by atoms with Crippen molar-refractivity contribution >= 4 is 12.2 Å². The van der Waals surface area contributed by atoms with Crippen LogP contribution in [0.4, 0.5) is 0 Å². The molecular weight excluding hydrogens is 312 g/mol. The van der Waals surface area contributed by atoms with Gasteiger partial charge in [-0.2, -0.15) is 0 Å². The van der Waals surface area contributed by atoms with Gasteiger partial charge >= 0.3 is 0 Å². The first-order chi connectivity index (χ1) is 12.7. The van der Waals surface area contributed by atoms with E-state index < -0.39 is 0 Å². The van der Waals surface area contributed by atoms with Gasteiger partial charge in [0.25, 0.3) is 0 Å². The summed E-state index contributed by atoms with van der Waals surface area (Å²) in [6, 6.07) is 26.0. The highest BCUT2D eigenvalue weighted by molar-refractivity contribution is 5.56. The highest BCUT2D eigenvalue weighted by Crippen LogP contribution is 2.32. The van der Waals surface area contributed by atoms with Crippen molar-refractivity contribution in [2.75, 3.05) is 0 Å². The van der Waals surface area contributed by atoms with Crippen molar-refractivity contribution in [3.63, 3.8) is 0 Å². The van der Waals surface area contributed by atoms with E-state index in [9.17, 15) is 0 Å². The van der Waals surface area contributed by atoms with Gasteiger partial charge in [0.15, 0.2) is 0 Å². The summed E-state index contributed by atoms with van der Waals surface area (Å²) in [6.45, 7) is 12.5. The molecule has 0 heterocycles. The second kappa shape index (κ2) is 8.01. The molecule has 0 aliphatic carbocycles. The standard InChI is InChI=1S/C26H26/c1-5-21-12-7-9-16-25(21)19(3)23-14-11-15-24(18-23)20(4)26-17-10-8-13-22(26)6-2/h5-20H,1-2H2,3-4H3. The van der Waals surface area contributed by atoms with Crippen LogP contribution in [0.25, 0.3) is 12.2 Å². The Labute approximate surface area is 157 Å². The van der Waals surface area contributed by atoms with Crippen molar-refractivity contribution in [1.29, 1.82) is 0 Å². The molecule has 0 saturated heterocycles. The summed E-state index contributed by atoms with van der Waals surface area (Å²) < 4.78 is 0. The number of benzene rings is 3. The SMILES string of the molecule is C=Cc1ccccc1C(C)c1cccc(C(C)c2ccccc2C=C)c1. The van der Waals surface area contributed by atoms with Gasteiger partial charge < -0.3 is 0 Å². The van der Waals surface area contributed by atoms with Crippen LogP contribution in [0.5, 0.6) is 0 Å². The molecule has 0 aromatic heterocycles. The van der Waals surface area contributed by atoms with Crippen LogP contribution in [-0.2, 0) is 0 Å². The third kappa shape index (κ3) is 3.55. The molecule has 0 aliphatic heterocycles. The van der Waals surface area contributed by atoms with E-state index in [2.05, 4.69) is 99.8 Å². The lowest BCUT2D eigenvalue weighted by Gasteiger charge is -2.19. The Bertz CT molecular complexity index is 844. The predicted octanol–water partition coefficient (Wildman–Crippen LogP) is 7.28. The quantitative estimate of drug-likeness (QED) is 0.443. The van der Waals surface area contributed by atoms with Crippen molar-refractivity contribution in [3.8, 4) is 0 Å².